The molecule has 2 N–H and O–H groups in total. The van der Waals surface area contributed by atoms with E-state index in [1.54, 1.807) is 26.0 Å². The number of aliphatic hydroxyl groups is 1. The van der Waals surface area contributed by atoms with Gasteiger partial charge in [-0.25, -0.2) is 0 Å². The molecule has 0 aliphatic carbocycles. The summed E-state index contributed by atoms with van der Waals surface area (Å²) >= 11 is 0. The van der Waals surface area contributed by atoms with Crippen LogP contribution in [-0.4, -0.2) is 11.0 Å². The van der Waals surface area contributed by atoms with Gasteiger partial charge in [-0.1, -0.05) is 18.2 Å². The second-order valence-corrected chi connectivity index (χ2v) is 4.93. The zero-order valence-corrected chi connectivity index (χ0v) is 12.2. The molecule has 1 aromatic heterocycles. The Morgan fingerprint density at radius 1 is 1.20 bits per heavy atom. The molecule has 1 aromatic carbocycles. The van der Waals surface area contributed by atoms with Gasteiger partial charge in [-0.05, 0) is 33.8 Å². The lowest BCUT2D eigenvalue weighted by Crippen LogP contribution is -2.15. The molecule has 1 atom stereocenters. The Morgan fingerprint density at radius 3 is 2.40 bits per heavy atom. The normalized spacial score (nSPS) is 12.2. The summed E-state index contributed by atoms with van der Waals surface area (Å²) in [5.74, 6) is 1.13. The molecule has 0 saturated carbocycles. The number of amides is 1. The van der Waals surface area contributed by atoms with E-state index in [2.05, 4.69) is 5.32 Å². The molecule has 0 fully saturated rings. The number of nitrogens with one attached hydrogen (secondary N) is 1. The number of rotatable bonds is 3. The number of carbonyl (C=O) groups is 1. The van der Waals surface area contributed by atoms with Crippen molar-refractivity contribution in [2.45, 2.75) is 33.8 Å². The lowest BCUT2D eigenvalue weighted by atomic mass is 10.1. The predicted octanol–water partition coefficient (Wildman–Crippen LogP) is 3.51. The SMILES string of the molecule is Cc1oc(C)c(C(=O)Nc2ccccc2C(C)O)c1C. The number of hydrogen-bond acceptors (Lipinski definition) is 3. The van der Waals surface area contributed by atoms with Crippen LogP contribution < -0.4 is 5.32 Å². The minimum atomic E-state index is -0.639. The molecule has 20 heavy (non-hydrogen) atoms. The molecule has 106 valence electrons. The maximum Gasteiger partial charge on any atom is 0.259 e. The Balaban J connectivity index is 2.33. The van der Waals surface area contributed by atoms with Crippen molar-refractivity contribution in [1.82, 2.24) is 0 Å². The van der Waals surface area contributed by atoms with Crippen molar-refractivity contribution in [3.05, 3.63) is 52.5 Å². The van der Waals surface area contributed by atoms with E-state index in [1.165, 1.54) is 0 Å². The fraction of sp³-hybridized carbons (Fsp3) is 0.312. The second kappa shape index (κ2) is 5.51. The Bertz CT molecular complexity index is 641. The predicted molar refractivity (Wildman–Crippen MR) is 77.9 cm³/mol. The average molecular weight is 273 g/mol. The van der Waals surface area contributed by atoms with Crippen molar-refractivity contribution in [1.29, 1.82) is 0 Å². The van der Waals surface area contributed by atoms with Crippen LogP contribution in [0.25, 0.3) is 0 Å². The van der Waals surface area contributed by atoms with Crippen molar-refractivity contribution in [3.8, 4) is 0 Å². The molecule has 1 unspecified atom stereocenters. The van der Waals surface area contributed by atoms with Gasteiger partial charge in [0.2, 0.25) is 0 Å². The first-order valence-corrected chi connectivity index (χ1v) is 6.56. The Hall–Kier alpha value is -2.07. The van der Waals surface area contributed by atoms with Gasteiger partial charge in [0.15, 0.2) is 0 Å². The third-order valence-electron chi connectivity index (χ3n) is 3.45. The van der Waals surface area contributed by atoms with E-state index < -0.39 is 6.10 Å². The highest BCUT2D eigenvalue weighted by molar-refractivity contribution is 6.06. The molecule has 2 aromatic rings. The number of furan rings is 1. The van der Waals surface area contributed by atoms with E-state index in [-0.39, 0.29) is 5.91 Å². The van der Waals surface area contributed by atoms with Gasteiger partial charge in [0, 0.05) is 16.8 Å². The number of hydrogen-bond donors (Lipinski definition) is 2. The van der Waals surface area contributed by atoms with Crippen molar-refractivity contribution >= 4 is 11.6 Å². The highest BCUT2D eigenvalue weighted by atomic mass is 16.3. The molecule has 1 heterocycles. The topological polar surface area (TPSA) is 62.5 Å². The standard InChI is InChI=1S/C16H19NO3/c1-9-11(3)20-12(4)15(9)16(19)17-14-8-6-5-7-13(14)10(2)18/h5-8,10,18H,1-4H3,(H,17,19). The lowest BCUT2D eigenvalue weighted by Gasteiger charge is -2.13. The Kier molecular flexibility index (Phi) is 3.95. The van der Waals surface area contributed by atoms with Crippen molar-refractivity contribution in [2.24, 2.45) is 0 Å². The van der Waals surface area contributed by atoms with E-state index in [1.807, 2.05) is 26.0 Å². The highest BCUT2D eigenvalue weighted by Gasteiger charge is 2.19. The molecule has 4 nitrogen and oxygen atoms in total. The van der Waals surface area contributed by atoms with E-state index >= 15 is 0 Å². The lowest BCUT2D eigenvalue weighted by molar-refractivity contribution is 0.102. The first-order chi connectivity index (χ1) is 9.41. The number of benzene rings is 1. The summed E-state index contributed by atoms with van der Waals surface area (Å²) in [7, 11) is 0. The maximum absolute atomic E-state index is 12.4. The van der Waals surface area contributed by atoms with E-state index in [0.29, 0.717) is 22.6 Å². The van der Waals surface area contributed by atoms with E-state index in [9.17, 15) is 9.90 Å². The summed E-state index contributed by atoms with van der Waals surface area (Å²) in [4.78, 5) is 12.4. The minimum absolute atomic E-state index is 0.218. The van der Waals surface area contributed by atoms with Crippen LogP contribution in [0, 0.1) is 20.8 Å². The van der Waals surface area contributed by atoms with Gasteiger partial charge in [-0.3, -0.25) is 4.79 Å². The second-order valence-electron chi connectivity index (χ2n) is 4.93. The van der Waals surface area contributed by atoms with Gasteiger partial charge >= 0.3 is 0 Å². The molecule has 0 bridgehead atoms. The smallest absolute Gasteiger partial charge is 0.259 e. The van der Waals surface area contributed by atoms with E-state index in [0.717, 1.165) is 11.3 Å². The molecule has 0 saturated heterocycles. The average Bonchev–Trinajstić information content (AvgIpc) is 2.63. The van der Waals surface area contributed by atoms with Crippen LogP contribution >= 0.6 is 0 Å². The molecule has 1 amide bonds. The van der Waals surface area contributed by atoms with Crippen LogP contribution in [0.3, 0.4) is 0 Å². The zero-order valence-electron chi connectivity index (χ0n) is 12.2. The fourth-order valence-corrected chi connectivity index (χ4v) is 2.29. The van der Waals surface area contributed by atoms with Crippen LogP contribution in [0.2, 0.25) is 0 Å². The van der Waals surface area contributed by atoms with Crippen LogP contribution in [0.1, 0.15) is 46.0 Å². The summed E-state index contributed by atoms with van der Waals surface area (Å²) in [6, 6.07) is 7.22. The van der Waals surface area contributed by atoms with Crippen molar-refractivity contribution in [3.63, 3.8) is 0 Å². The monoisotopic (exact) mass is 273 g/mol. The first-order valence-electron chi connectivity index (χ1n) is 6.56. The molecule has 0 spiro atoms. The molecule has 0 aliphatic heterocycles. The number of anilines is 1. The molecular weight excluding hydrogens is 254 g/mol. The minimum Gasteiger partial charge on any atom is -0.466 e. The Labute approximate surface area is 118 Å². The summed E-state index contributed by atoms with van der Waals surface area (Å²) in [6.07, 6.45) is -0.639. The molecule has 0 aliphatic rings. The van der Waals surface area contributed by atoms with Crippen LogP contribution in [-0.2, 0) is 0 Å². The summed E-state index contributed by atoms with van der Waals surface area (Å²) in [5, 5.41) is 12.6. The van der Waals surface area contributed by atoms with Gasteiger partial charge in [0.05, 0.1) is 11.7 Å². The van der Waals surface area contributed by atoms with Crippen LogP contribution in [0.4, 0.5) is 5.69 Å². The summed E-state index contributed by atoms with van der Waals surface area (Å²) < 4.78 is 5.47. The van der Waals surface area contributed by atoms with Gasteiger partial charge in [-0.15, -0.1) is 0 Å². The van der Waals surface area contributed by atoms with E-state index in [4.69, 9.17) is 4.42 Å². The fourth-order valence-electron chi connectivity index (χ4n) is 2.29. The van der Waals surface area contributed by atoms with Crippen molar-refractivity contribution in [2.75, 3.05) is 5.32 Å². The van der Waals surface area contributed by atoms with Gasteiger partial charge < -0.3 is 14.8 Å². The zero-order chi connectivity index (χ0) is 14.9. The number of carbonyl (C=O) groups excluding carboxylic acids is 1. The summed E-state index contributed by atoms with van der Waals surface area (Å²) in [5.41, 5.74) is 2.71. The van der Waals surface area contributed by atoms with Crippen molar-refractivity contribution < 1.29 is 14.3 Å². The Morgan fingerprint density at radius 2 is 1.85 bits per heavy atom. The summed E-state index contributed by atoms with van der Waals surface area (Å²) in [6.45, 7) is 7.14. The molecule has 2 rings (SSSR count). The maximum atomic E-state index is 12.4. The quantitative estimate of drug-likeness (QED) is 0.899. The van der Waals surface area contributed by atoms with Crippen LogP contribution in [0.15, 0.2) is 28.7 Å². The molecule has 0 radical (unpaired) electrons. The molecule has 4 heteroatoms. The third-order valence-corrected chi connectivity index (χ3v) is 3.45. The third kappa shape index (κ3) is 2.60. The first kappa shape index (κ1) is 14.3. The largest absolute Gasteiger partial charge is 0.466 e. The number of aryl methyl sites for hydroxylation is 2. The highest BCUT2D eigenvalue weighted by Crippen LogP contribution is 2.25. The molecular formula is C16H19NO3. The van der Waals surface area contributed by atoms with Gasteiger partial charge in [0.1, 0.15) is 11.5 Å². The van der Waals surface area contributed by atoms with Gasteiger partial charge in [0.25, 0.3) is 5.91 Å². The number of aliphatic hydroxyl groups excluding tert-OH is 1. The van der Waals surface area contributed by atoms with Gasteiger partial charge in [-0.2, -0.15) is 0 Å². The number of para-hydroxylation sites is 1. The van der Waals surface area contributed by atoms with Crippen LogP contribution in [0.5, 0.6) is 0 Å².